The predicted molar refractivity (Wildman–Crippen MR) is 87.8 cm³/mol. The first-order valence-corrected chi connectivity index (χ1v) is 7.96. The summed E-state index contributed by atoms with van der Waals surface area (Å²) in [4.78, 5) is 14.6. The summed E-state index contributed by atoms with van der Waals surface area (Å²) in [5.41, 5.74) is 2.11. The van der Waals surface area contributed by atoms with Crippen LogP contribution in [0.25, 0.3) is 0 Å². The minimum Gasteiger partial charge on any atom is -0.359 e. The Labute approximate surface area is 136 Å². The molecule has 3 rings (SSSR count). The Morgan fingerprint density at radius 2 is 2.13 bits per heavy atom. The number of rotatable bonds is 3. The average Bonchev–Trinajstić information content (AvgIpc) is 3.08. The molecule has 1 fully saturated rings. The van der Waals surface area contributed by atoms with E-state index >= 15 is 0 Å². The number of benzene rings is 1. The number of hydrogen-bond acceptors (Lipinski definition) is 3. The second kappa shape index (κ2) is 6.07. The quantitative estimate of drug-likeness (QED) is 0.940. The van der Waals surface area contributed by atoms with Crippen LogP contribution in [0.2, 0.25) is 0 Å². The maximum absolute atomic E-state index is 12.6. The Morgan fingerprint density at radius 3 is 2.78 bits per heavy atom. The van der Waals surface area contributed by atoms with E-state index in [2.05, 4.69) is 36.5 Å². The topological polar surface area (TPSA) is 58.4 Å². The largest absolute Gasteiger partial charge is 0.359 e. The lowest BCUT2D eigenvalue weighted by atomic mass is 9.89. The molecule has 1 atom stereocenters. The van der Waals surface area contributed by atoms with Crippen LogP contribution in [0.15, 0.2) is 40.9 Å². The number of aryl methyl sites for hydroxylation is 1. The van der Waals surface area contributed by atoms with Gasteiger partial charge in [-0.05, 0) is 24.3 Å². The number of likely N-dealkylation sites (tertiary alicyclic amines) is 1. The highest BCUT2D eigenvalue weighted by Crippen LogP contribution is 2.42. The van der Waals surface area contributed by atoms with Gasteiger partial charge in [-0.3, -0.25) is 0 Å². The molecule has 23 heavy (non-hydrogen) atoms. The molecular weight excluding hydrogens is 290 g/mol. The van der Waals surface area contributed by atoms with Crippen molar-refractivity contribution in [2.45, 2.75) is 39.8 Å². The van der Waals surface area contributed by atoms with Crippen LogP contribution in [0.1, 0.15) is 43.3 Å². The molecule has 1 aromatic heterocycles. The number of nitrogens with one attached hydrogen (secondary N) is 1. The van der Waals surface area contributed by atoms with Crippen LogP contribution >= 0.6 is 0 Å². The van der Waals surface area contributed by atoms with E-state index in [0.29, 0.717) is 12.3 Å². The van der Waals surface area contributed by atoms with Crippen LogP contribution in [0, 0.1) is 12.3 Å². The molecule has 2 amide bonds. The highest BCUT2D eigenvalue weighted by Gasteiger charge is 2.40. The summed E-state index contributed by atoms with van der Waals surface area (Å²) in [6, 6.07) is 12.1. The number of hydrogen-bond donors (Lipinski definition) is 1. The van der Waals surface area contributed by atoms with Gasteiger partial charge in [-0.15, -0.1) is 0 Å². The zero-order valence-corrected chi connectivity index (χ0v) is 13.9. The lowest BCUT2D eigenvalue weighted by Crippen LogP contribution is -2.40. The van der Waals surface area contributed by atoms with Crippen LogP contribution in [-0.2, 0) is 6.54 Å². The number of aromatic nitrogens is 1. The summed E-state index contributed by atoms with van der Waals surface area (Å²) in [5.74, 6) is 0.672. The molecule has 2 aromatic rings. The van der Waals surface area contributed by atoms with Crippen molar-refractivity contribution in [3.63, 3.8) is 0 Å². The van der Waals surface area contributed by atoms with Gasteiger partial charge in [-0.2, -0.15) is 0 Å². The molecule has 0 radical (unpaired) electrons. The smallest absolute Gasteiger partial charge is 0.318 e. The second-order valence-electron chi connectivity index (χ2n) is 7.02. The molecule has 1 saturated heterocycles. The predicted octanol–water partition coefficient (Wildman–Crippen LogP) is 3.67. The Morgan fingerprint density at radius 1 is 1.39 bits per heavy atom. The summed E-state index contributed by atoms with van der Waals surface area (Å²) in [5, 5.41) is 6.78. The number of nitrogens with zero attached hydrogens (tertiary/aromatic N) is 2. The Balaban J connectivity index is 1.71. The summed E-state index contributed by atoms with van der Waals surface area (Å²) in [6.45, 7) is 7.38. The molecule has 1 aliphatic heterocycles. The van der Waals surface area contributed by atoms with Crippen molar-refractivity contribution in [2.75, 3.05) is 6.54 Å². The van der Waals surface area contributed by atoms with Gasteiger partial charge in [0.15, 0.2) is 5.76 Å². The molecule has 1 unspecified atom stereocenters. The van der Waals surface area contributed by atoms with E-state index in [1.807, 2.05) is 36.1 Å². The van der Waals surface area contributed by atoms with E-state index < -0.39 is 0 Å². The van der Waals surface area contributed by atoms with Crippen LogP contribution in [0.5, 0.6) is 0 Å². The second-order valence-corrected chi connectivity index (χ2v) is 7.02. The summed E-state index contributed by atoms with van der Waals surface area (Å²) >= 11 is 0. The molecule has 5 heteroatoms. The minimum atomic E-state index is -0.0570. The lowest BCUT2D eigenvalue weighted by molar-refractivity contribution is 0.188. The maximum Gasteiger partial charge on any atom is 0.318 e. The van der Waals surface area contributed by atoms with E-state index in [-0.39, 0.29) is 17.5 Å². The summed E-state index contributed by atoms with van der Waals surface area (Å²) in [7, 11) is 0. The van der Waals surface area contributed by atoms with Crippen molar-refractivity contribution in [2.24, 2.45) is 5.41 Å². The van der Waals surface area contributed by atoms with Gasteiger partial charge >= 0.3 is 6.03 Å². The van der Waals surface area contributed by atoms with Crippen LogP contribution in [0.3, 0.4) is 0 Å². The van der Waals surface area contributed by atoms with E-state index in [0.717, 1.165) is 18.7 Å². The molecule has 1 N–H and O–H groups in total. The van der Waals surface area contributed by atoms with Crippen molar-refractivity contribution in [3.05, 3.63) is 53.4 Å². The van der Waals surface area contributed by atoms with Crippen molar-refractivity contribution in [3.8, 4) is 0 Å². The van der Waals surface area contributed by atoms with E-state index in [1.54, 1.807) is 0 Å². The molecule has 0 aliphatic carbocycles. The lowest BCUT2D eigenvalue weighted by Gasteiger charge is -2.25. The highest BCUT2D eigenvalue weighted by atomic mass is 16.5. The van der Waals surface area contributed by atoms with E-state index in [9.17, 15) is 4.79 Å². The average molecular weight is 313 g/mol. The van der Waals surface area contributed by atoms with Crippen molar-refractivity contribution < 1.29 is 9.32 Å². The summed E-state index contributed by atoms with van der Waals surface area (Å²) < 4.78 is 5.15. The van der Waals surface area contributed by atoms with Crippen molar-refractivity contribution in [1.82, 2.24) is 15.4 Å². The Hall–Kier alpha value is -2.30. The molecule has 1 aromatic carbocycles. The molecular formula is C18H23N3O2. The number of carbonyl (C=O) groups is 1. The third kappa shape index (κ3) is 3.55. The maximum atomic E-state index is 12.6. The highest BCUT2D eigenvalue weighted by molar-refractivity contribution is 5.75. The first-order chi connectivity index (χ1) is 10.9. The van der Waals surface area contributed by atoms with Gasteiger partial charge in [-0.25, -0.2) is 4.79 Å². The molecule has 0 spiro atoms. The van der Waals surface area contributed by atoms with Crippen molar-refractivity contribution >= 4 is 6.03 Å². The van der Waals surface area contributed by atoms with Gasteiger partial charge in [-0.1, -0.05) is 49.3 Å². The van der Waals surface area contributed by atoms with Gasteiger partial charge in [0, 0.05) is 12.6 Å². The third-order valence-corrected chi connectivity index (χ3v) is 4.26. The SMILES string of the molecule is Cc1cc(CNC(=O)N2CC(C)(C)CC2c2ccccc2)on1. The van der Waals surface area contributed by atoms with Crippen LogP contribution in [0.4, 0.5) is 4.79 Å². The van der Waals surface area contributed by atoms with Crippen LogP contribution < -0.4 is 5.32 Å². The van der Waals surface area contributed by atoms with Gasteiger partial charge in [0.05, 0.1) is 18.3 Å². The van der Waals surface area contributed by atoms with Gasteiger partial charge in [0.25, 0.3) is 0 Å². The number of carbonyl (C=O) groups excluding carboxylic acids is 1. The zero-order valence-electron chi connectivity index (χ0n) is 13.9. The molecule has 5 nitrogen and oxygen atoms in total. The molecule has 2 heterocycles. The monoisotopic (exact) mass is 313 g/mol. The number of amides is 2. The molecule has 1 aliphatic rings. The standard InChI is InChI=1S/C18H23N3O2/c1-13-9-15(23-20-13)11-19-17(22)21-12-18(2,3)10-16(21)14-7-5-4-6-8-14/h4-9,16H,10-12H2,1-3H3,(H,19,22). The van der Waals surface area contributed by atoms with E-state index in [1.165, 1.54) is 5.56 Å². The first-order valence-electron chi connectivity index (χ1n) is 7.96. The molecule has 122 valence electrons. The van der Waals surface area contributed by atoms with Gasteiger partial charge in [0.2, 0.25) is 0 Å². The zero-order chi connectivity index (χ0) is 16.4. The fourth-order valence-corrected chi connectivity index (χ4v) is 3.22. The van der Waals surface area contributed by atoms with Gasteiger partial charge in [0.1, 0.15) is 0 Å². The van der Waals surface area contributed by atoms with E-state index in [4.69, 9.17) is 4.52 Å². The normalized spacial score (nSPS) is 19.8. The van der Waals surface area contributed by atoms with Crippen LogP contribution in [-0.4, -0.2) is 22.6 Å². The third-order valence-electron chi connectivity index (χ3n) is 4.26. The summed E-state index contributed by atoms with van der Waals surface area (Å²) in [6.07, 6.45) is 0.964. The van der Waals surface area contributed by atoms with Crippen molar-refractivity contribution in [1.29, 1.82) is 0 Å². The Bertz CT molecular complexity index is 679. The fraction of sp³-hybridized carbons (Fsp3) is 0.444. The first kappa shape index (κ1) is 15.6. The molecule has 0 saturated carbocycles. The fourth-order valence-electron chi connectivity index (χ4n) is 3.22. The Kier molecular flexibility index (Phi) is 4.11. The number of urea groups is 1. The minimum absolute atomic E-state index is 0.0570. The van der Waals surface area contributed by atoms with Gasteiger partial charge < -0.3 is 14.7 Å². The molecule has 0 bridgehead atoms.